The summed E-state index contributed by atoms with van der Waals surface area (Å²) in [5.41, 5.74) is 0. The summed E-state index contributed by atoms with van der Waals surface area (Å²) in [6.45, 7) is 2.10. The van der Waals surface area contributed by atoms with Crippen LogP contribution in [0.2, 0.25) is 0 Å². The molecule has 68 valence electrons. The number of carbonyl (C=O) groups is 1. The van der Waals surface area contributed by atoms with Crippen molar-refractivity contribution in [1.82, 2.24) is 5.32 Å². The molecule has 0 aromatic rings. The van der Waals surface area contributed by atoms with E-state index in [1.54, 1.807) is 0 Å². The second kappa shape index (κ2) is 4.93. The summed E-state index contributed by atoms with van der Waals surface area (Å²) in [6.07, 6.45) is 5.71. The topological polar surface area (TPSA) is 38.3 Å². The van der Waals surface area contributed by atoms with Crippen LogP contribution in [0.4, 0.5) is 0 Å². The fourth-order valence-corrected chi connectivity index (χ4v) is 1.32. The lowest BCUT2D eigenvalue weighted by atomic mass is 9.98. The summed E-state index contributed by atoms with van der Waals surface area (Å²) < 4.78 is 4.50. The van der Waals surface area contributed by atoms with Crippen LogP contribution in [-0.2, 0) is 9.53 Å². The van der Waals surface area contributed by atoms with Gasteiger partial charge in [-0.25, -0.2) is 4.79 Å². The Hall–Kier alpha value is -0.830. The number of hydrogen-bond donors (Lipinski definition) is 1. The van der Waals surface area contributed by atoms with Gasteiger partial charge in [-0.05, 0) is 31.8 Å². The maximum Gasteiger partial charge on any atom is 0.330 e. The number of carbonyl (C=O) groups excluding carboxylic acids is 1. The van der Waals surface area contributed by atoms with Gasteiger partial charge in [0.2, 0.25) is 0 Å². The smallest absolute Gasteiger partial charge is 0.330 e. The van der Waals surface area contributed by atoms with Crippen molar-refractivity contribution in [2.75, 3.05) is 20.2 Å². The molecule has 3 nitrogen and oxygen atoms in total. The van der Waals surface area contributed by atoms with Gasteiger partial charge >= 0.3 is 5.97 Å². The fraction of sp³-hybridized carbons (Fsp3) is 0.667. The number of esters is 1. The first-order valence-corrected chi connectivity index (χ1v) is 4.30. The summed E-state index contributed by atoms with van der Waals surface area (Å²) in [5, 5.41) is 3.27. The Morgan fingerprint density at radius 2 is 2.17 bits per heavy atom. The summed E-state index contributed by atoms with van der Waals surface area (Å²) in [5.74, 6) is 0.291. The number of hydrogen-bond acceptors (Lipinski definition) is 3. The molecule has 0 saturated carbocycles. The van der Waals surface area contributed by atoms with Crippen LogP contribution in [0.5, 0.6) is 0 Å². The van der Waals surface area contributed by atoms with Gasteiger partial charge in [0, 0.05) is 6.08 Å². The number of nitrogens with one attached hydrogen (secondary N) is 1. The lowest BCUT2D eigenvalue weighted by Gasteiger charge is -2.18. The zero-order chi connectivity index (χ0) is 8.81. The summed E-state index contributed by atoms with van der Waals surface area (Å²) in [6, 6.07) is 0. The minimum atomic E-state index is -0.256. The maximum atomic E-state index is 10.7. The van der Waals surface area contributed by atoms with Crippen molar-refractivity contribution in [2.24, 2.45) is 5.92 Å². The molecule has 1 fully saturated rings. The van der Waals surface area contributed by atoms with Crippen LogP contribution in [0.1, 0.15) is 12.8 Å². The number of allylic oxidation sites excluding steroid dienone is 1. The van der Waals surface area contributed by atoms with Crippen LogP contribution < -0.4 is 5.32 Å². The Morgan fingerprint density at radius 1 is 1.50 bits per heavy atom. The summed E-state index contributed by atoms with van der Waals surface area (Å²) >= 11 is 0. The largest absolute Gasteiger partial charge is 0.466 e. The van der Waals surface area contributed by atoms with Crippen molar-refractivity contribution >= 4 is 5.97 Å². The molecule has 0 radical (unpaired) electrons. The Bertz CT molecular complexity index is 171. The van der Waals surface area contributed by atoms with Crippen molar-refractivity contribution in [3.63, 3.8) is 0 Å². The number of piperidine rings is 1. The fourth-order valence-electron chi connectivity index (χ4n) is 1.32. The van der Waals surface area contributed by atoms with E-state index in [-0.39, 0.29) is 5.97 Å². The Labute approximate surface area is 72.8 Å². The normalized spacial score (nSPS) is 19.8. The van der Waals surface area contributed by atoms with E-state index in [1.165, 1.54) is 13.2 Å². The van der Waals surface area contributed by atoms with Gasteiger partial charge in [0.25, 0.3) is 0 Å². The van der Waals surface area contributed by atoms with E-state index in [0.717, 1.165) is 25.9 Å². The van der Waals surface area contributed by atoms with Crippen molar-refractivity contribution in [3.8, 4) is 0 Å². The van der Waals surface area contributed by atoms with Gasteiger partial charge in [0.05, 0.1) is 7.11 Å². The van der Waals surface area contributed by atoms with Gasteiger partial charge in [0.1, 0.15) is 0 Å². The minimum Gasteiger partial charge on any atom is -0.466 e. The number of ether oxygens (including phenoxy) is 1. The van der Waals surface area contributed by atoms with Crippen LogP contribution in [0.25, 0.3) is 0 Å². The third-order valence-electron chi connectivity index (χ3n) is 2.09. The second-order valence-corrected chi connectivity index (χ2v) is 2.97. The molecule has 1 aliphatic heterocycles. The maximum absolute atomic E-state index is 10.7. The molecule has 0 spiro atoms. The minimum absolute atomic E-state index is 0.256. The van der Waals surface area contributed by atoms with Gasteiger partial charge in [-0.3, -0.25) is 0 Å². The van der Waals surface area contributed by atoms with Crippen molar-refractivity contribution < 1.29 is 9.53 Å². The molecule has 1 aliphatic rings. The number of rotatable bonds is 2. The SMILES string of the molecule is COC(=O)/C=C\C1CCNCC1. The monoisotopic (exact) mass is 169 g/mol. The van der Waals surface area contributed by atoms with E-state index in [9.17, 15) is 4.79 Å². The first kappa shape index (κ1) is 9.26. The first-order chi connectivity index (χ1) is 5.83. The second-order valence-electron chi connectivity index (χ2n) is 2.97. The van der Waals surface area contributed by atoms with E-state index in [4.69, 9.17) is 0 Å². The first-order valence-electron chi connectivity index (χ1n) is 4.30. The average Bonchev–Trinajstić information content (AvgIpc) is 2.16. The molecule has 1 N–H and O–H groups in total. The van der Waals surface area contributed by atoms with Gasteiger partial charge in [0.15, 0.2) is 0 Å². The van der Waals surface area contributed by atoms with E-state index < -0.39 is 0 Å². The summed E-state index contributed by atoms with van der Waals surface area (Å²) in [7, 11) is 1.40. The Kier molecular flexibility index (Phi) is 3.80. The van der Waals surface area contributed by atoms with E-state index in [0.29, 0.717) is 5.92 Å². The summed E-state index contributed by atoms with van der Waals surface area (Å²) in [4.78, 5) is 10.7. The molecule has 1 heterocycles. The lowest BCUT2D eigenvalue weighted by Crippen LogP contribution is -2.26. The van der Waals surface area contributed by atoms with Crippen molar-refractivity contribution in [3.05, 3.63) is 12.2 Å². The highest BCUT2D eigenvalue weighted by Crippen LogP contribution is 2.12. The molecule has 1 saturated heterocycles. The zero-order valence-corrected chi connectivity index (χ0v) is 7.38. The third-order valence-corrected chi connectivity index (χ3v) is 2.09. The average molecular weight is 169 g/mol. The highest BCUT2D eigenvalue weighted by atomic mass is 16.5. The Balaban J connectivity index is 2.28. The molecule has 1 rings (SSSR count). The van der Waals surface area contributed by atoms with Crippen LogP contribution >= 0.6 is 0 Å². The van der Waals surface area contributed by atoms with Crippen LogP contribution in [-0.4, -0.2) is 26.2 Å². The van der Waals surface area contributed by atoms with Gasteiger partial charge in [-0.15, -0.1) is 0 Å². The highest BCUT2D eigenvalue weighted by molar-refractivity contribution is 5.81. The molecule has 0 aromatic carbocycles. The number of methoxy groups -OCH3 is 1. The van der Waals surface area contributed by atoms with Crippen LogP contribution in [0.15, 0.2) is 12.2 Å². The van der Waals surface area contributed by atoms with Crippen molar-refractivity contribution in [1.29, 1.82) is 0 Å². The van der Waals surface area contributed by atoms with E-state index in [2.05, 4.69) is 10.1 Å². The predicted molar refractivity (Wildman–Crippen MR) is 46.7 cm³/mol. The van der Waals surface area contributed by atoms with Gasteiger partial charge in [-0.1, -0.05) is 6.08 Å². The molecular weight excluding hydrogens is 154 g/mol. The molecule has 0 aromatic heterocycles. The van der Waals surface area contributed by atoms with Crippen molar-refractivity contribution in [2.45, 2.75) is 12.8 Å². The van der Waals surface area contributed by atoms with Gasteiger partial charge < -0.3 is 10.1 Å². The highest BCUT2D eigenvalue weighted by Gasteiger charge is 2.09. The molecule has 0 amide bonds. The zero-order valence-electron chi connectivity index (χ0n) is 7.38. The molecule has 0 bridgehead atoms. The van der Waals surface area contributed by atoms with E-state index in [1.807, 2.05) is 6.08 Å². The lowest BCUT2D eigenvalue weighted by molar-refractivity contribution is -0.134. The quantitative estimate of drug-likeness (QED) is 0.489. The van der Waals surface area contributed by atoms with Gasteiger partial charge in [-0.2, -0.15) is 0 Å². The van der Waals surface area contributed by atoms with Crippen LogP contribution in [0.3, 0.4) is 0 Å². The molecule has 0 atom stereocenters. The molecule has 0 aliphatic carbocycles. The molecular formula is C9H15NO2. The predicted octanol–water partition coefficient (Wildman–Crippen LogP) is 0.715. The van der Waals surface area contributed by atoms with Crippen LogP contribution in [0, 0.1) is 5.92 Å². The standard InChI is InChI=1S/C9H15NO2/c1-12-9(11)3-2-8-4-6-10-7-5-8/h2-3,8,10H,4-7H2,1H3/b3-2-. The molecule has 3 heteroatoms. The van der Waals surface area contributed by atoms with E-state index >= 15 is 0 Å². The molecule has 0 unspecified atom stereocenters. The third kappa shape index (κ3) is 3.05. The molecule has 12 heavy (non-hydrogen) atoms. The Morgan fingerprint density at radius 3 is 2.75 bits per heavy atom.